The number of hydrogen-bond acceptors (Lipinski definition) is 6. The molecule has 13 heavy (non-hydrogen) atoms. The molecule has 0 unspecified atom stereocenters. The minimum atomic E-state index is 0.350. The van der Waals surface area contributed by atoms with Gasteiger partial charge in [-0.1, -0.05) is 0 Å². The molecule has 0 aromatic carbocycles. The van der Waals surface area contributed by atoms with E-state index >= 15 is 0 Å². The zero-order valence-electron chi connectivity index (χ0n) is 6.92. The Morgan fingerprint density at radius 1 is 1.46 bits per heavy atom. The second kappa shape index (κ2) is 2.77. The lowest BCUT2D eigenvalue weighted by atomic mass is 10.3. The fourth-order valence-electron chi connectivity index (χ4n) is 0.903. The number of nitrogen functional groups attached to an aromatic ring is 1. The van der Waals surface area contributed by atoms with Gasteiger partial charge in [-0.05, 0) is 5.21 Å². The van der Waals surface area contributed by atoms with E-state index in [0.29, 0.717) is 17.2 Å². The molecule has 0 atom stereocenters. The lowest BCUT2D eigenvalue weighted by Crippen LogP contribution is -1.96. The molecule has 0 saturated carbocycles. The van der Waals surface area contributed by atoms with Crippen LogP contribution in [0.25, 0.3) is 11.4 Å². The first-order valence-electron chi connectivity index (χ1n) is 3.57. The SMILES string of the molecule is Cn1nnc(-c2cncnc2N)n1. The molecular weight excluding hydrogens is 170 g/mol. The van der Waals surface area contributed by atoms with Crippen LogP contribution in [0.4, 0.5) is 5.82 Å². The molecule has 0 bridgehead atoms. The predicted molar refractivity (Wildman–Crippen MR) is 44.2 cm³/mol. The number of rotatable bonds is 1. The second-order valence-electron chi connectivity index (χ2n) is 2.42. The summed E-state index contributed by atoms with van der Waals surface area (Å²) >= 11 is 0. The van der Waals surface area contributed by atoms with Crippen LogP contribution >= 0.6 is 0 Å². The van der Waals surface area contributed by atoms with E-state index in [2.05, 4.69) is 25.4 Å². The highest BCUT2D eigenvalue weighted by atomic mass is 15.6. The summed E-state index contributed by atoms with van der Waals surface area (Å²) in [6.45, 7) is 0. The van der Waals surface area contributed by atoms with Crippen LogP contribution in [0, 0.1) is 0 Å². The molecule has 2 N–H and O–H groups in total. The van der Waals surface area contributed by atoms with Crippen LogP contribution in [-0.2, 0) is 7.05 Å². The van der Waals surface area contributed by atoms with Crippen molar-refractivity contribution in [3.05, 3.63) is 12.5 Å². The van der Waals surface area contributed by atoms with E-state index in [9.17, 15) is 0 Å². The Morgan fingerprint density at radius 3 is 2.92 bits per heavy atom. The first-order valence-corrected chi connectivity index (χ1v) is 3.57. The molecular formula is C6H7N7. The summed E-state index contributed by atoms with van der Waals surface area (Å²) in [4.78, 5) is 8.99. The summed E-state index contributed by atoms with van der Waals surface area (Å²) in [6, 6.07) is 0. The van der Waals surface area contributed by atoms with Crippen molar-refractivity contribution in [2.24, 2.45) is 7.05 Å². The quantitative estimate of drug-likeness (QED) is 0.615. The summed E-state index contributed by atoms with van der Waals surface area (Å²) in [5, 5.41) is 11.4. The Hall–Kier alpha value is -2.05. The van der Waals surface area contributed by atoms with E-state index in [0.717, 1.165) is 0 Å². The largest absolute Gasteiger partial charge is 0.383 e. The minimum absolute atomic E-state index is 0.350. The maximum absolute atomic E-state index is 5.59. The van der Waals surface area contributed by atoms with Crippen molar-refractivity contribution in [1.82, 2.24) is 30.2 Å². The van der Waals surface area contributed by atoms with Crippen molar-refractivity contribution in [2.45, 2.75) is 0 Å². The standard InChI is InChI=1S/C6H7N7/c1-13-11-6(10-12-13)4-2-8-3-9-5(4)7/h2-3H,1H3,(H2,7,8,9). The van der Waals surface area contributed by atoms with E-state index in [4.69, 9.17) is 5.73 Å². The first-order chi connectivity index (χ1) is 6.27. The highest BCUT2D eigenvalue weighted by Crippen LogP contribution is 2.16. The number of tetrazole rings is 1. The molecule has 0 aliphatic carbocycles. The van der Waals surface area contributed by atoms with Gasteiger partial charge in [0.1, 0.15) is 12.1 Å². The van der Waals surface area contributed by atoms with Crippen LogP contribution < -0.4 is 5.73 Å². The molecule has 7 heteroatoms. The maximum Gasteiger partial charge on any atom is 0.210 e. The number of aryl methyl sites for hydroxylation is 1. The smallest absolute Gasteiger partial charge is 0.210 e. The van der Waals surface area contributed by atoms with Gasteiger partial charge in [-0.2, -0.15) is 4.80 Å². The zero-order chi connectivity index (χ0) is 9.26. The van der Waals surface area contributed by atoms with Gasteiger partial charge in [0, 0.05) is 6.20 Å². The Kier molecular flexibility index (Phi) is 1.62. The molecule has 2 aromatic heterocycles. The third-order valence-electron chi connectivity index (χ3n) is 1.49. The summed E-state index contributed by atoms with van der Waals surface area (Å²) in [7, 11) is 1.68. The van der Waals surface area contributed by atoms with Crippen LogP contribution in [0.15, 0.2) is 12.5 Å². The summed E-state index contributed by atoms with van der Waals surface area (Å²) in [6.07, 6.45) is 2.93. The molecule has 2 rings (SSSR count). The Morgan fingerprint density at radius 2 is 2.31 bits per heavy atom. The van der Waals surface area contributed by atoms with E-state index < -0.39 is 0 Å². The molecule has 2 heterocycles. The number of nitrogens with two attached hydrogens (primary N) is 1. The van der Waals surface area contributed by atoms with Gasteiger partial charge in [0.25, 0.3) is 0 Å². The monoisotopic (exact) mass is 177 g/mol. The van der Waals surface area contributed by atoms with E-state index in [1.165, 1.54) is 11.1 Å². The molecule has 7 nitrogen and oxygen atoms in total. The van der Waals surface area contributed by atoms with Crippen LogP contribution in [-0.4, -0.2) is 30.2 Å². The molecule has 0 radical (unpaired) electrons. The Bertz CT molecular complexity index is 420. The first kappa shape index (κ1) is 7.59. The fraction of sp³-hybridized carbons (Fsp3) is 0.167. The van der Waals surface area contributed by atoms with Gasteiger partial charge in [-0.25, -0.2) is 9.97 Å². The lowest BCUT2D eigenvalue weighted by Gasteiger charge is -1.95. The number of hydrogen-bond donors (Lipinski definition) is 1. The molecule has 2 aromatic rings. The van der Waals surface area contributed by atoms with Gasteiger partial charge in [0.15, 0.2) is 0 Å². The topological polar surface area (TPSA) is 95.4 Å². The average Bonchev–Trinajstić information content (AvgIpc) is 2.53. The third kappa shape index (κ3) is 1.31. The van der Waals surface area contributed by atoms with Gasteiger partial charge in [0.05, 0.1) is 12.6 Å². The van der Waals surface area contributed by atoms with Crippen molar-refractivity contribution in [3.63, 3.8) is 0 Å². The Labute approximate surface area is 73.6 Å². The van der Waals surface area contributed by atoms with E-state index in [1.807, 2.05) is 0 Å². The highest BCUT2D eigenvalue weighted by molar-refractivity contribution is 5.65. The molecule has 0 spiro atoms. The third-order valence-corrected chi connectivity index (χ3v) is 1.49. The van der Waals surface area contributed by atoms with Crippen molar-refractivity contribution >= 4 is 5.82 Å². The normalized spacial score (nSPS) is 10.2. The van der Waals surface area contributed by atoms with E-state index in [1.54, 1.807) is 13.2 Å². The number of anilines is 1. The minimum Gasteiger partial charge on any atom is -0.383 e. The van der Waals surface area contributed by atoms with Crippen molar-refractivity contribution < 1.29 is 0 Å². The van der Waals surface area contributed by atoms with E-state index in [-0.39, 0.29) is 0 Å². The second-order valence-corrected chi connectivity index (χ2v) is 2.42. The highest BCUT2D eigenvalue weighted by Gasteiger charge is 2.08. The van der Waals surface area contributed by atoms with Crippen LogP contribution in [0.1, 0.15) is 0 Å². The number of aromatic nitrogens is 6. The zero-order valence-corrected chi connectivity index (χ0v) is 6.92. The van der Waals surface area contributed by atoms with Crippen LogP contribution in [0.3, 0.4) is 0 Å². The molecule has 0 saturated heterocycles. The van der Waals surface area contributed by atoms with Gasteiger partial charge in [-0.3, -0.25) is 0 Å². The lowest BCUT2D eigenvalue weighted by molar-refractivity contribution is 0.630. The van der Waals surface area contributed by atoms with Gasteiger partial charge in [0.2, 0.25) is 5.82 Å². The summed E-state index contributed by atoms with van der Waals surface area (Å²) in [5.74, 6) is 0.781. The molecule has 0 fully saturated rings. The van der Waals surface area contributed by atoms with Crippen LogP contribution in [0.5, 0.6) is 0 Å². The van der Waals surface area contributed by atoms with Crippen molar-refractivity contribution in [3.8, 4) is 11.4 Å². The average molecular weight is 177 g/mol. The maximum atomic E-state index is 5.59. The molecule has 0 aliphatic rings. The summed E-state index contributed by atoms with van der Waals surface area (Å²) in [5.41, 5.74) is 6.19. The summed E-state index contributed by atoms with van der Waals surface area (Å²) < 4.78 is 0. The Balaban J connectivity index is 2.52. The van der Waals surface area contributed by atoms with Crippen molar-refractivity contribution in [2.75, 3.05) is 5.73 Å². The van der Waals surface area contributed by atoms with Crippen molar-refractivity contribution in [1.29, 1.82) is 0 Å². The molecule has 66 valence electrons. The van der Waals surface area contributed by atoms with Gasteiger partial charge >= 0.3 is 0 Å². The number of nitrogens with zero attached hydrogens (tertiary/aromatic N) is 6. The van der Waals surface area contributed by atoms with Gasteiger partial charge in [-0.15, -0.1) is 10.2 Å². The molecule has 0 aliphatic heterocycles. The fourth-order valence-corrected chi connectivity index (χ4v) is 0.903. The van der Waals surface area contributed by atoms with Crippen LogP contribution in [0.2, 0.25) is 0 Å². The van der Waals surface area contributed by atoms with Gasteiger partial charge < -0.3 is 5.73 Å². The molecule has 0 amide bonds. The predicted octanol–water partition coefficient (Wildman–Crippen LogP) is -0.751.